The standard InChI is InChI=1S/C17H30N2O2/c1-7-17(8-2,15-18-13(9-20-15)11(3)4)16-19-14(10-21-16)12(5)6/h11-14H,7-10H2,1-6H3/t13-,14?/m1/s1. The van der Waals surface area contributed by atoms with Crippen LogP contribution in [0.4, 0.5) is 0 Å². The molecule has 2 aliphatic rings. The molecule has 0 bridgehead atoms. The summed E-state index contributed by atoms with van der Waals surface area (Å²) in [7, 11) is 0. The van der Waals surface area contributed by atoms with Gasteiger partial charge in [-0.15, -0.1) is 0 Å². The molecule has 1 unspecified atom stereocenters. The number of hydrogen-bond donors (Lipinski definition) is 0. The molecule has 0 amide bonds. The predicted octanol–water partition coefficient (Wildman–Crippen LogP) is 3.70. The number of hydrogen-bond acceptors (Lipinski definition) is 4. The van der Waals surface area contributed by atoms with Gasteiger partial charge in [-0.2, -0.15) is 0 Å². The van der Waals surface area contributed by atoms with Crippen LogP contribution in [0.5, 0.6) is 0 Å². The molecule has 0 spiro atoms. The van der Waals surface area contributed by atoms with E-state index in [1.165, 1.54) is 0 Å². The fourth-order valence-corrected chi connectivity index (χ4v) is 2.93. The first-order valence-electron chi connectivity index (χ1n) is 8.36. The minimum absolute atomic E-state index is 0.264. The zero-order valence-electron chi connectivity index (χ0n) is 14.3. The molecule has 21 heavy (non-hydrogen) atoms. The summed E-state index contributed by atoms with van der Waals surface area (Å²) in [6, 6.07) is 0.528. The molecule has 120 valence electrons. The van der Waals surface area contributed by atoms with Crippen LogP contribution in [-0.2, 0) is 9.47 Å². The van der Waals surface area contributed by atoms with E-state index in [9.17, 15) is 0 Å². The minimum Gasteiger partial charge on any atom is -0.478 e. The molecular formula is C17H30N2O2. The van der Waals surface area contributed by atoms with Crippen LogP contribution in [0.2, 0.25) is 0 Å². The van der Waals surface area contributed by atoms with Crippen molar-refractivity contribution in [3.05, 3.63) is 0 Å². The van der Waals surface area contributed by atoms with Crippen molar-refractivity contribution < 1.29 is 9.47 Å². The highest BCUT2D eigenvalue weighted by molar-refractivity contribution is 6.06. The molecule has 0 saturated carbocycles. The molecule has 2 aliphatic heterocycles. The van der Waals surface area contributed by atoms with Gasteiger partial charge >= 0.3 is 0 Å². The number of aliphatic imine (C=N–C) groups is 2. The summed E-state index contributed by atoms with van der Waals surface area (Å²) < 4.78 is 11.9. The third-order valence-electron chi connectivity index (χ3n) is 4.91. The van der Waals surface area contributed by atoms with E-state index in [0.717, 1.165) is 24.6 Å². The fraction of sp³-hybridized carbons (Fsp3) is 0.882. The Kier molecular flexibility index (Phi) is 4.95. The zero-order chi connectivity index (χ0) is 15.6. The van der Waals surface area contributed by atoms with Crippen molar-refractivity contribution in [3.8, 4) is 0 Å². The van der Waals surface area contributed by atoms with Crippen LogP contribution < -0.4 is 0 Å². The summed E-state index contributed by atoms with van der Waals surface area (Å²) in [6.45, 7) is 14.5. The van der Waals surface area contributed by atoms with Crippen molar-refractivity contribution in [3.63, 3.8) is 0 Å². The molecule has 4 heteroatoms. The van der Waals surface area contributed by atoms with Crippen molar-refractivity contribution in [1.29, 1.82) is 0 Å². The van der Waals surface area contributed by atoms with Gasteiger partial charge in [-0.25, -0.2) is 9.98 Å². The summed E-state index contributed by atoms with van der Waals surface area (Å²) in [5, 5.41) is 0. The highest BCUT2D eigenvalue weighted by Gasteiger charge is 2.46. The first kappa shape index (κ1) is 16.3. The van der Waals surface area contributed by atoms with Crippen LogP contribution in [-0.4, -0.2) is 37.1 Å². The van der Waals surface area contributed by atoms with Crippen molar-refractivity contribution in [1.82, 2.24) is 0 Å². The summed E-state index contributed by atoms with van der Waals surface area (Å²) in [5.74, 6) is 2.69. The first-order valence-corrected chi connectivity index (χ1v) is 8.36. The number of nitrogens with zero attached hydrogens (tertiary/aromatic N) is 2. The Morgan fingerprint density at radius 3 is 1.52 bits per heavy atom. The normalized spacial score (nSPS) is 25.9. The molecule has 0 N–H and O–H groups in total. The largest absolute Gasteiger partial charge is 0.478 e. The Morgan fingerprint density at radius 1 is 0.905 bits per heavy atom. The molecule has 0 radical (unpaired) electrons. The zero-order valence-corrected chi connectivity index (χ0v) is 14.3. The maximum atomic E-state index is 5.97. The first-order chi connectivity index (χ1) is 9.94. The van der Waals surface area contributed by atoms with Crippen LogP contribution in [0, 0.1) is 17.3 Å². The second kappa shape index (κ2) is 6.37. The van der Waals surface area contributed by atoms with Crippen LogP contribution in [0.15, 0.2) is 9.98 Å². The van der Waals surface area contributed by atoms with Crippen molar-refractivity contribution in [2.45, 2.75) is 66.5 Å². The van der Waals surface area contributed by atoms with E-state index in [1.807, 2.05) is 0 Å². The fourth-order valence-electron chi connectivity index (χ4n) is 2.93. The van der Waals surface area contributed by atoms with Crippen molar-refractivity contribution in [2.24, 2.45) is 27.2 Å². The predicted molar refractivity (Wildman–Crippen MR) is 87.0 cm³/mol. The second-order valence-electron chi connectivity index (χ2n) is 6.90. The van der Waals surface area contributed by atoms with Gasteiger partial charge < -0.3 is 9.47 Å². The highest BCUT2D eigenvalue weighted by atomic mass is 16.5. The van der Waals surface area contributed by atoms with E-state index in [0.29, 0.717) is 25.0 Å². The van der Waals surface area contributed by atoms with Crippen LogP contribution in [0.3, 0.4) is 0 Å². The van der Waals surface area contributed by atoms with E-state index in [-0.39, 0.29) is 17.5 Å². The van der Waals surface area contributed by atoms with E-state index in [1.54, 1.807) is 0 Å². The van der Waals surface area contributed by atoms with Gasteiger partial charge in [-0.05, 0) is 24.7 Å². The molecule has 0 aromatic rings. The Hall–Kier alpha value is -1.06. The van der Waals surface area contributed by atoms with Gasteiger partial charge in [-0.3, -0.25) is 0 Å². The molecule has 2 heterocycles. The van der Waals surface area contributed by atoms with Gasteiger partial charge in [0.25, 0.3) is 0 Å². The topological polar surface area (TPSA) is 43.2 Å². The summed E-state index contributed by atoms with van der Waals surface area (Å²) in [4.78, 5) is 9.70. The van der Waals surface area contributed by atoms with Crippen molar-refractivity contribution in [2.75, 3.05) is 13.2 Å². The Morgan fingerprint density at radius 2 is 1.29 bits per heavy atom. The number of rotatable bonds is 6. The molecule has 0 fully saturated rings. The Bertz CT molecular complexity index is 387. The average molecular weight is 294 g/mol. The average Bonchev–Trinajstić information content (AvgIpc) is 3.10. The van der Waals surface area contributed by atoms with E-state index in [2.05, 4.69) is 41.5 Å². The van der Waals surface area contributed by atoms with Gasteiger partial charge in [0, 0.05) is 0 Å². The van der Waals surface area contributed by atoms with Crippen LogP contribution in [0.25, 0.3) is 0 Å². The molecule has 4 nitrogen and oxygen atoms in total. The van der Waals surface area contributed by atoms with E-state index >= 15 is 0 Å². The summed E-state index contributed by atoms with van der Waals surface area (Å²) >= 11 is 0. The van der Waals surface area contributed by atoms with Gasteiger partial charge in [0.1, 0.15) is 18.6 Å². The maximum absolute atomic E-state index is 5.97. The van der Waals surface area contributed by atoms with Crippen LogP contribution in [0.1, 0.15) is 54.4 Å². The third-order valence-corrected chi connectivity index (χ3v) is 4.91. The monoisotopic (exact) mass is 294 g/mol. The third kappa shape index (κ3) is 2.95. The summed E-state index contributed by atoms with van der Waals surface area (Å²) in [5.41, 5.74) is -0.271. The molecule has 0 aromatic heterocycles. The molecule has 0 aromatic carbocycles. The van der Waals surface area contributed by atoms with E-state index < -0.39 is 0 Å². The molecule has 0 saturated heterocycles. The maximum Gasteiger partial charge on any atom is 0.199 e. The highest BCUT2D eigenvalue weighted by Crippen LogP contribution is 2.37. The van der Waals surface area contributed by atoms with Crippen LogP contribution >= 0.6 is 0 Å². The lowest BCUT2D eigenvalue weighted by Gasteiger charge is -2.29. The lowest BCUT2D eigenvalue weighted by molar-refractivity contribution is 0.233. The van der Waals surface area contributed by atoms with E-state index in [4.69, 9.17) is 19.5 Å². The molecule has 2 atom stereocenters. The van der Waals surface area contributed by atoms with Gasteiger partial charge in [0.2, 0.25) is 0 Å². The Balaban J connectivity index is 2.30. The van der Waals surface area contributed by atoms with Crippen molar-refractivity contribution >= 4 is 11.8 Å². The lowest BCUT2D eigenvalue weighted by atomic mass is 9.81. The van der Waals surface area contributed by atoms with Gasteiger partial charge in [0.15, 0.2) is 11.8 Å². The summed E-state index contributed by atoms with van der Waals surface area (Å²) in [6.07, 6.45) is 1.83. The Labute approximate surface area is 129 Å². The van der Waals surface area contributed by atoms with Gasteiger partial charge in [-0.1, -0.05) is 41.5 Å². The smallest absolute Gasteiger partial charge is 0.199 e. The quantitative estimate of drug-likeness (QED) is 0.749. The second-order valence-corrected chi connectivity index (χ2v) is 6.90. The van der Waals surface area contributed by atoms with Gasteiger partial charge in [0.05, 0.1) is 12.1 Å². The minimum atomic E-state index is -0.271. The SMILES string of the molecule is CCC(CC)(C1=NC(C(C)C)CO1)C1=N[C@@H](C(C)C)CO1. The molecular weight excluding hydrogens is 264 g/mol. The lowest BCUT2D eigenvalue weighted by Crippen LogP contribution is -2.39. The molecule has 0 aliphatic carbocycles. The molecule has 2 rings (SSSR count). The number of ether oxygens (including phenoxy) is 2.